The number of thiophene rings is 1. The van der Waals surface area contributed by atoms with Gasteiger partial charge in [-0.3, -0.25) is 0 Å². The van der Waals surface area contributed by atoms with Crippen molar-refractivity contribution in [3.05, 3.63) is 447 Å². The molecular weight excluding hydrogens is 1450 g/mol. The quantitative estimate of drug-likeness (QED) is 0.0430. The van der Waals surface area contributed by atoms with E-state index in [0.29, 0.717) is 0 Å². The topological polar surface area (TPSA) is 0 Å². The summed E-state index contributed by atoms with van der Waals surface area (Å²) < 4.78 is 1.36. The number of hydrogen-bond acceptors (Lipinski definition) is 1. The van der Waals surface area contributed by atoms with Crippen molar-refractivity contribution < 1.29 is 20.4 Å². The van der Waals surface area contributed by atoms with Gasteiger partial charge in [0.25, 0.3) is 0 Å². The van der Waals surface area contributed by atoms with Crippen LogP contribution in [-0.2, 0) is 26.8 Å². The summed E-state index contributed by atoms with van der Waals surface area (Å²) in [6.45, 7) is 2.26. The van der Waals surface area contributed by atoms with E-state index >= 15 is 0 Å². The van der Waals surface area contributed by atoms with Crippen LogP contribution in [0.2, 0.25) is 0 Å². The molecule has 0 bridgehead atoms. The largest absolute Gasteiger partial charge is 0.136 e. The van der Waals surface area contributed by atoms with Crippen LogP contribution in [0, 0.1) is 0 Å². The first-order valence-electron chi connectivity index (χ1n) is 35.6. The molecule has 0 unspecified atom stereocenters. The summed E-state index contributed by atoms with van der Waals surface area (Å²) in [5.41, 5.74) is 2.73. The summed E-state index contributed by atoms with van der Waals surface area (Å²) in [7, 11) is -1.78. The molecule has 16 rings (SSSR count). The minimum atomic E-state index is -0.446. The Labute approximate surface area is 648 Å². The fourth-order valence-electron chi connectivity index (χ4n) is 12.3. The van der Waals surface area contributed by atoms with Crippen LogP contribution in [0.5, 0.6) is 0 Å². The van der Waals surface area contributed by atoms with Gasteiger partial charge in [-0.15, -0.1) is 11.3 Å². The van der Waals surface area contributed by atoms with Gasteiger partial charge in [0.2, 0.25) is 0 Å². The van der Waals surface area contributed by atoms with Crippen LogP contribution in [0.1, 0.15) is 56.0 Å². The standard InChI is InChI=1S/C26H26S.4C18H15P.CH4.Pd/c1-2-3-4-5-8-20-11-13-21(14-12-20)15-16-25-18-24-17-22-9-6-7-10-23(22)19-26(24)27-25;4*1-4-10-16(11-5-1)19(17-12-6-2-7-13-17)18-14-8-3-9-15-18;;/h6-7,9-19H,2-5,8H2,1H3;4*1-15H;1H4;/b16-15+;;;;;;. The summed E-state index contributed by atoms with van der Waals surface area (Å²) in [4.78, 5) is 1.31. The van der Waals surface area contributed by atoms with Crippen LogP contribution in [0.3, 0.4) is 0 Å². The Morgan fingerprint density at radius 2 is 0.476 bits per heavy atom. The van der Waals surface area contributed by atoms with Gasteiger partial charge in [-0.2, -0.15) is 0 Å². The Morgan fingerprint density at radius 1 is 0.238 bits per heavy atom. The number of rotatable bonds is 19. The van der Waals surface area contributed by atoms with Crippen molar-refractivity contribution in [3.8, 4) is 0 Å². The number of unbranched alkanes of at least 4 members (excludes halogenated alkanes) is 3. The van der Waals surface area contributed by atoms with E-state index in [1.807, 2.05) is 11.3 Å². The predicted octanol–water partition coefficient (Wildman–Crippen LogP) is 22.8. The molecule has 6 heteroatoms. The monoisotopic (exact) mass is 1540 g/mol. The summed E-state index contributed by atoms with van der Waals surface area (Å²) in [5, 5.41) is 20.7. The number of aryl methyl sites for hydroxylation is 1. The van der Waals surface area contributed by atoms with Crippen molar-refractivity contribution in [2.75, 3.05) is 0 Å². The number of hydrogen-bond donors (Lipinski definition) is 0. The van der Waals surface area contributed by atoms with Crippen molar-refractivity contribution in [2.45, 2.75) is 46.5 Å². The van der Waals surface area contributed by atoms with E-state index in [4.69, 9.17) is 0 Å². The van der Waals surface area contributed by atoms with E-state index in [1.54, 1.807) is 0 Å². The first-order chi connectivity index (χ1) is 51.1. The van der Waals surface area contributed by atoms with Crippen LogP contribution in [0.4, 0.5) is 0 Å². The molecule has 0 atom stereocenters. The zero-order valence-electron chi connectivity index (χ0n) is 58.7. The molecule has 15 aromatic carbocycles. The van der Waals surface area contributed by atoms with E-state index in [1.165, 1.54) is 133 Å². The molecule has 0 aliphatic carbocycles. The molecular formula is C99H90P4PdS. The molecule has 0 saturated heterocycles. The molecule has 522 valence electrons. The summed E-state index contributed by atoms with van der Waals surface area (Å²) in [6, 6.07) is 154. The van der Waals surface area contributed by atoms with Gasteiger partial charge in [0.05, 0.1) is 0 Å². The van der Waals surface area contributed by atoms with Crippen molar-refractivity contribution in [1.82, 2.24) is 0 Å². The van der Waals surface area contributed by atoms with Crippen LogP contribution in [0.15, 0.2) is 431 Å². The first kappa shape index (κ1) is 78.2. The Kier molecular flexibility index (Phi) is 32.2. The molecule has 0 aliphatic rings. The van der Waals surface area contributed by atoms with Gasteiger partial charge in [0, 0.05) is 30.0 Å². The minimum absolute atomic E-state index is 0. The van der Waals surface area contributed by atoms with Crippen molar-refractivity contribution in [1.29, 1.82) is 0 Å². The van der Waals surface area contributed by atoms with Crippen LogP contribution in [0.25, 0.3) is 33.0 Å². The minimum Gasteiger partial charge on any atom is -0.136 e. The molecule has 105 heavy (non-hydrogen) atoms. The fraction of sp³-hybridized carbons (Fsp3) is 0.0707. The SMILES string of the molecule is C.CCCCCCc1ccc(/C=C/c2cc3cc4ccccc4cc3s2)cc1.[Pd].c1ccc(P(c2ccccc2)c2ccccc2)cc1.c1ccc(P(c2ccccc2)c2ccccc2)cc1.c1ccc(P(c2ccccc2)c2ccccc2)cc1.c1ccc(P(c2ccccc2)c2ccccc2)cc1. The molecule has 0 radical (unpaired) electrons. The smallest absolute Gasteiger partial charge is 0.0355 e. The molecule has 0 amide bonds. The normalized spacial score (nSPS) is 10.7. The maximum atomic E-state index is 2.31. The third-order valence-electron chi connectivity index (χ3n) is 17.3. The zero-order valence-corrected chi connectivity index (χ0v) is 64.6. The summed E-state index contributed by atoms with van der Waals surface area (Å²) >= 11 is 1.86. The molecule has 0 saturated carbocycles. The predicted molar refractivity (Wildman–Crippen MR) is 470 cm³/mol. The van der Waals surface area contributed by atoms with Gasteiger partial charge >= 0.3 is 0 Å². The van der Waals surface area contributed by atoms with Crippen LogP contribution in [-0.4, -0.2) is 0 Å². The molecule has 0 N–H and O–H groups in total. The molecule has 1 aromatic heterocycles. The van der Waals surface area contributed by atoms with E-state index in [-0.39, 0.29) is 27.8 Å². The maximum Gasteiger partial charge on any atom is 0.0355 e. The first-order valence-corrected chi connectivity index (χ1v) is 41.8. The van der Waals surface area contributed by atoms with Gasteiger partial charge in [-0.1, -0.05) is 452 Å². The van der Waals surface area contributed by atoms with E-state index in [2.05, 4.69) is 450 Å². The second-order valence-electron chi connectivity index (χ2n) is 24.6. The van der Waals surface area contributed by atoms with E-state index in [0.717, 1.165) is 0 Å². The average molecular weight is 1540 g/mol. The third kappa shape index (κ3) is 23.3. The molecule has 16 aromatic rings. The second kappa shape index (κ2) is 43.2. The van der Waals surface area contributed by atoms with Gasteiger partial charge < -0.3 is 0 Å². The molecule has 0 spiro atoms. The van der Waals surface area contributed by atoms with Gasteiger partial charge in [-0.25, -0.2) is 0 Å². The summed E-state index contributed by atoms with van der Waals surface area (Å²) in [6.07, 6.45) is 11.0. The van der Waals surface area contributed by atoms with Gasteiger partial charge in [0.1, 0.15) is 0 Å². The Hall–Kier alpha value is -9.36. The van der Waals surface area contributed by atoms with Gasteiger partial charge in [-0.05, 0) is 160 Å². The zero-order chi connectivity index (χ0) is 70.1. The van der Waals surface area contributed by atoms with Crippen LogP contribution >= 0.6 is 43.0 Å². The number of benzene rings is 15. The fourth-order valence-corrected chi connectivity index (χ4v) is 22.5. The molecule has 0 nitrogen and oxygen atoms in total. The number of fused-ring (bicyclic) bond motifs is 2. The third-order valence-corrected chi connectivity index (χ3v) is 28.2. The van der Waals surface area contributed by atoms with E-state index < -0.39 is 31.7 Å². The Morgan fingerprint density at radius 3 is 0.724 bits per heavy atom. The van der Waals surface area contributed by atoms with Crippen molar-refractivity contribution >= 4 is 140 Å². The van der Waals surface area contributed by atoms with Crippen molar-refractivity contribution in [3.63, 3.8) is 0 Å². The summed E-state index contributed by atoms with van der Waals surface area (Å²) in [5.74, 6) is 0. The molecule has 0 aliphatic heterocycles. The van der Waals surface area contributed by atoms with Crippen LogP contribution < -0.4 is 63.7 Å². The van der Waals surface area contributed by atoms with E-state index in [9.17, 15) is 0 Å². The second-order valence-corrected chi connectivity index (χ2v) is 34.6. The molecule has 1 heterocycles. The molecule has 0 fully saturated rings. The van der Waals surface area contributed by atoms with Crippen molar-refractivity contribution in [2.24, 2.45) is 0 Å². The Balaban J connectivity index is 0.000000141. The van der Waals surface area contributed by atoms with Gasteiger partial charge in [0.15, 0.2) is 0 Å². The maximum absolute atomic E-state index is 2.31. The average Bonchev–Trinajstić information content (AvgIpc) is 1.52. The Bertz CT molecular complexity index is 4130.